The van der Waals surface area contributed by atoms with Crippen LogP contribution in [0.15, 0.2) is 24.3 Å². The van der Waals surface area contributed by atoms with Crippen LogP contribution in [0.5, 0.6) is 5.75 Å². The zero-order chi connectivity index (χ0) is 14.8. The Hall–Kier alpha value is -3.04. The number of carboxylic acids is 2. The second-order valence-corrected chi connectivity index (χ2v) is 2.83. The summed E-state index contributed by atoms with van der Waals surface area (Å²) in [6, 6.07) is 6.72. The van der Waals surface area contributed by atoms with Gasteiger partial charge in [-0.05, 0) is 29.8 Å². The molecule has 1 rings (SSSR count). The van der Waals surface area contributed by atoms with Crippen molar-refractivity contribution >= 4 is 17.6 Å². The Morgan fingerprint density at radius 3 is 2.00 bits per heavy atom. The second kappa shape index (κ2) is 8.11. The van der Waals surface area contributed by atoms with E-state index in [9.17, 15) is 10.1 Å². The number of nitrogens with one attached hydrogen (secondary N) is 2. The van der Waals surface area contributed by atoms with Gasteiger partial charge in [-0.15, -0.1) is 0 Å². The van der Waals surface area contributed by atoms with E-state index in [2.05, 4.69) is 5.43 Å². The van der Waals surface area contributed by atoms with Crippen molar-refractivity contribution in [2.24, 2.45) is 0 Å². The lowest BCUT2D eigenvalue weighted by Crippen LogP contribution is -2.27. The molecule has 0 saturated heterocycles. The van der Waals surface area contributed by atoms with Gasteiger partial charge in [0.2, 0.25) is 0 Å². The van der Waals surface area contributed by atoms with E-state index in [4.69, 9.17) is 24.5 Å². The number of methoxy groups -OCH3 is 1. The predicted molar refractivity (Wildman–Crippen MR) is 62.0 cm³/mol. The number of carbonyl (C=O) groups is 2. The van der Waals surface area contributed by atoms with Crippen molar-refractivity contribution in [1.82, 2.24) is 5.53 Å². The van der Waals surface area contributed by atoms with Crippen LogP contribution in [-0.2, 0) is 9.59 Å². The summed E-state index contributed by atoms with van der Waals surface area (Å²) in [5.74, 6) is -2.95. The van der Waals surface area contributed by atoms with Gasteiger partial charge in [-0.2, -0.15) is 0 Å². The Labute approximate surface area is 106 Å². The van der Waals surface area contributed by atoms with Gasteiger partial charge in [0, 0.05) is 0 Å². The monoisotopic (exact) mass is 273 g/mol. The zero-order valence-corrected chi connectivity index (χ0v) is 9.69. The lowest BCUT2D eigenvalue weighted by Gasteiger charge is -2.03. The first-order valence-corrected chi connectivity index (χ1v) is 4.63. The predicted octanol–water partition coefficient (Wildman–Crippen LogP) is -0.0410. The van der Waals surface area contributed by atoms with Crippen molar-refractivity contribution in [3.8, 4) is 5.75 Å². The molecule has 0 radical (unpaired) electrons. The molecule has 1 aromatic carbocycles. The van der Waals surface area contributed by atoms with Crippen molar-refractivity contribution in [2.45, 2.75) is 0 Å². The lowest BCUT2D eigenvalue weighted by molar-refractivity contribution is -0.538. The van der Waals surface area contributed by atoms with Crippen LogP contribution < -0.4 is 15.7 Å². The standard InChI is InChI=1S/C7H9N3O3.C2H2O4/c1-13-7-4-2-6(3-5-7)8-9-10(11)12;3-1(4)2(5)6/h2-5,8-9H,1H3;(H,3,4)(H,5,6). The first-order valence-electron chi connectivity index (χ1n) is 4.63. The minimum atomic E-state index is -1.82. The van der Waals surface area contributed by atoms with Crippen LogP contribution in [0.4, 0.5) is 5.69 Å². The molecule has 19 heavy (non-hydrogen) atoms. The molecule has 4 N–H and O–H groups in total. The van der Waals surface area contributed by atoms with Crippen LogP contribution in [0.1, 0.15) is 0 Å². The average Bonchev–Trinajstić information content (AvgIpc) is 2.37. The first kappa shape index (κ1) is 16.0. The van der Waals surface area contributed by atoms with Crippen LogP contribution in [0.2, 0.25) is 0 Å². The van der Waals surface area contributed by atoms with Gasteiger partial charge < -0.3 is 14.9 Å². The van der Waals surface area contributed by atoms with E-state index in [-0.39, 0.29) is 0 Å². The molecule has 0 aliphatic carbocycles. The molecule has 10 heteroatoms. The highest BCUT2D eigenvalue weighted by Crippen LogP contribution is 2.13. The maximum atomic E-state index is 9.90. The van der Waals surface area contributed by atoms with Gasteiger partial charge in [0.1, 0.15) is 5.75 Å². The van der Waals surface area contributed by atoms with E-state index in [1.807, 2.05) is 5.53 Å². The van der Waals surface area contributed by atoms with Crippen molar-refractivity contribution in [1.29, 1.82) is 0 Å². The van der Waals surface area contributed by atoms with Crippen LogP contribution in [0.25, 0.3) is 0 Å². The number of rotatable bonds is 4. The number of ether oxygens (including phenoxy) is 1. The Kier molecular flexibility index (Phi) is 6.81. The molecule has 0 aliphatic heterocycles. The van der Waals surface area contributed by atoms with Crippen LogP contribution in [0, 0.1) is 10.1 Å². The zero-order valence-electron chi connectivity index (χ0n) is 9.69. The Morgan fingerprint density at radius 2 is 1.68 bits per heavy atom. The third-order valence-electron chi connectivity index (χ3n) is 1.56. The number of carboxylic acid groups (broad SMARTS) is 2. The fraction of sp³-hybridized carbons (Fsp3) is 0.111. The van der Waals surface area contributed by atoms with Gasteiger partial charge in [-0.1, -0.05) is 0 Å². The van der Waals surface area contributed by atoms with E-state index >= 15 is 0 Å². The first-order chi connectivity index (χ1) is 8.86. The van der Waals surface area contributed by atoms with E-state index in [0.717, 1.165) is 0 Å². The van der Waals surface area contributed by atoms with Gasteiger partial charge >= 0.3 is 11.9 Å². The summed E-state index contributed by atoms with van der Waals surface area (Å²) >= 11 is 0. The molecule has 0 bridgehead atoms. The van der Waals surface area contributed by atoms with E-state index in [0.29, 0.717) is 11.4 Å². The van der Waals surface area contributed by atoms with Crippen molar-refractivity contribution < 1.29 is 29.6 Å². The van der Waals surface area contributed by atoms with Gasteiger partial charge in [-0.25, -0.2) is 25.1 Å². The molecule has 0 saturated carbocycles. The maximum Gasteiger partial charge on any atom is 0.414 e. The molecule has 10 nitrogen and oxygen atoms in total. The molecule has 0 aliphatic rings. The van der Waals surface area contributed by atoms with E-state index < -0.39 is 17.0 Å². The highest BCUT2D eigenvalue weighted by molar-refractivity contribution is 6.27. The highest BCUT2D eigenvalue weighted by Gasteiger charge is 2.04. The van der Waals surface area contributed by atoms with Crippen molar-refractivity contribution in [3.05, 3.63) is 34.4 Å². The Bertz CT molecular complexity index is 434. The van der Waals surface area contributed by atoms with Gasteiger partial charge in [0.15, 0.2) is 5.03 Å². The number of anilines is 1. The topological polar surface area (TPSA) is 151 Å². The fourth-order valence-electron chi connectivity index (χ4n) is 0.785. The van der Waals surface area contributed by atoms with E-state index in [1.54, 1.807) is 31.4 Å². The minimum absolute atomic E-state index is 0.595. The molecule has 0 atom stereocenters. The summed E-state index contributed by atoms with van der Waals surface area (Å²) in [5, 5.41) is 24.0. The SMILES string of the molecule is COc1ccc(NN[N+](=O)[O-])cc1.O=C(O)C(=O)O. The summed E-state index contributed by atoms with van der Waals surface area (Å²) in [6.07, 6.45) is 0. The number of aliphatic carboxylic acids is 2. The quantitative estimate of drug-likeness (QED) is 0.336. The molecule has 0 unspecified atom stereocenters. The third-order valence-corrected chi connectivity index (χ3v) is 1.56. The molecule has 0 amide bonds. The average molecular weight is 273 g/mol. The molecule has 0 spiro atoms. The largest absolute Gasteiger partial charge is 0.497 e. The van der Waals surface area contributed by atoms with Crippen molar-refractivity contribution in [2.75, 3.05) is 12.5 Å². The number of benzene rings is 1. The molecular weight excluding hydrogens is 262 g/mol. The van der Waals surface area contributed by atoms with Crippen LogP contribution in [0.3, 0.4) is 0 Å². The summed E-state index contributed by atoms with van der Waals surface area (Å²) in [7, 11) is 1.55. The van der Waals surface area contributed by atoms with Gasteiger partial charge in [-0.3, -0.25) is 0 Å². The molecular formula is C9H11N3O7. The summed E-state index contributed by atoms with van der Waals surface area (Å²) in [6.45, 7) is 0. The molecule has 0 fully saturated rings. The Morgan fingerprint density at radius 1 is 1.21 bits per heavy atom. The molecule has 1 aromatic rings. The second-order valence-electron chi connectivity index (χ2n) is 2.83. The van der Waals surface area contributed by atoms with Gasteiger partial charge in [0.05, 0.1) is 12.8 Å². The number of hydrogen-bond donors (Lipinski definition) is 4. The summed E-state index contributed by atoms with van der Waals surface area (Å²) in [5.41, 5.74) is 4.82. The summed E-state index contributed by atoms with van der Waals surface area (Å²) in [4.78, 5) is 28.1. The fourth-order valence-corrected chi connectivity index (χ4v) is 0.785. The third kappa shape index (κ3) is 7.79. The number of hydrazine groups is 2. The lowest BCUT2D eigenvalue weighted by atomic mass is 10.3. The van der Waals surface area contributed by atoms with Crippen molar-refractivity contribution in [3.63, 3.8) is 0 Å². The van der Waals surface area contributed by atoms with E-state index in [1.165, 1.54) is 0 Å². The van der Waals surface area contributed by atoms with Crippen LogP contribution >= 0.6 is 0 Å². The highest BCUT2D eigenvalue weighted by atomic mass is 16.7. The summed E-state index contributed by atoms with van der Waals surface area (Å²) < 4.78 is 4.91. The minimum Gasteiger partial charge on any atom is -0.497 e. The normalized spacial score (nSPS) is 8.47. The maximum absolute atomic E-state index is 9.90. The Balaban J connectivity index is 0.000000459. The number of nitro groups is 1. The number of hydrogen-bond acceptors (Lipinski definition) is 6. The molecule has 0 aromatic heterocycles. The molecule has 0 heterocycles. The van der Waals surface area contributed by atoms with Gasteiger partial charge in [0.25, 0.3) is 0 Å². The number of nitrogens with zero attached hydrogens (tertiary/aromatic N) is 1. The molecule has 104 valence electrons. The van der Waals surface area contributed by atoms with Crippen LogP contribution in [-0.4, -0.2) is 34.3 Å². The smallest absolute Gasteiger partial charge is 0.414 e.